The number of fused-ring (bicyclic) bond motifs is 1. The minimum absolute atomic E-state index is 0.0921. The Bertz CT molecular complexity index is 1310. The largest absolute Gasteiger partial charge is 0.496 e. The van der Waals surface area contributed by atoms with Crippen LogP contribution in [0.4, 0.5) is 10.5 Å². The summed E-state index contributed by atoms with van der Waals surface area (Å²) >= 11 is 0. The molecule has 0 aromatic heterocycles. The third-order valence-electron chi connectivity index (χ3n) is 6.55. The average molecular weight is 514 g/mol. The van der Waals surface area contributed by atoms with E-state index < -0.39 is 12.4 Å². The van der Waals surface area contributed by atoms with Crippen molar-refractivity contribution < 1.29 is 23.7 Å². The Morgan fingerprint density at radius 1 is 0.842 bits per heavy atom. The number of nitrogens with one attached hydrogen (secondary N) is 1. The van der Waals surface area contributed by atoms with Gasteiger partial charge in [-0.1, -0.05) is 74.5 Å². The molecule has 0 fully saturated rings. The fraction of sp³-hybridized carbons (Fsp3) is 0.281. The third-order valence-corrected chi connectivity index (χ3v) is 6.55. The second kappa shape index (κ2) is 13.5. The van der Waals surface area contributed by atoms with Crippen LogP contribution in [0.1, 0.15) is 37.3 Å². The maximum Gasteiger partial charge on any atom is 0.411 e. The fourth-order valence-corrected chi connectivity index (χ4v) is 4.27. The predicted molar refractivity (Wildman–Crippen MR) is 151 cm³/mol. The molecule has 1 amide bonds. The van der Waals surface area contributed by atoms with Crippen molar-refractivity contribution in [1.82, 2.24) is 0 Å². The summed E-state index contributed by atoms with van der Waals surface area (Å²) < 4.78 is 23.2. The van der Waals surface area contributed by atoms with Crippen LogP contribution >= 0.6 is 0 Å². The van der Waals surface area contributed by atoms with Gasteiger partial charge in [-0.15, -0.1) is 0 Å². The van der Waals surface area contributed by atoms with E-state index in [0.29, 0.717) is 18.0 Å². The van der Waals surface area contributed by atoms with Crippen LogP contribution in [-0.2, 0) is 15.9 Å². The summed E-state index contributed by atoms with van der Waals surface area (Å²) in [7, 11) is 1.67. The second-order valence-corrected chi connectivity index (χ2v) is 9.10. The average Bonchev–Trinajstić information content (AvgIpc) is 2.95. The lowest BCUT2D eigenvalue weighted by atomic mass is 9.99. The van der Waals surface area contributed by atoms with Gasteiger partial charge in [-0.05, 0) is 59.2 Å². The lowest BCUT2D eigenvalue weighted by Crippen LogP contribution is -2.26. The van der Waals surface area contributed by atoms with Crippen LogP contribution in [0.3, 0.4) is 0 Å². The molecule has 0 heterocycles. The Balaban J connectivity index is 1.44. The number of anilines is 1. The van der Waals surface area contributed by atoms with Gasteiger partial charge in [-0.25, -0.2) is 4.79 Å². The Hall–Kier alpha value is -4.03. The molecule has 0 aliphatic heterocycles. The van der Waals surface area contributed by atoms with Crippen molar-refractivity contribution in [3.8, 4) is 11.5 Å². The first kappa shape index (κ1) is 27.0. The lowest BCUT2D eigenvalue weighted by Gasteiger charge is -2.21. The molecule has 6 nitrogen and oxygen atoms in total. The molecule has 0 aliphatic carbocycles. The number of hydrogen-bond donors (Lipinski definition) is 1. The summed E-state index contributed by atoms with van der Waals surface area (Å²) in [5.41, 5.74) is 3.02. The van der Waals surface area contributed by atoms with Gasteiger partial charge in [0, 0.05) is 17.5 Å². The van der Waals surface area contributed by atoms with E-state index in [1.807, 2.05) is 54.6 Å². The zero-order valence-electron chi connectivity index (χ0n) is 22.2. The van der Waals surface area contributed by atoms with E-state index in [1.165, 1.54) is 5.56 Å². The molecule has 4 rings (SSSR count). The van der Waals surface area contributed by atoms with Crippen molar-refractivity contribution >= 4 is 22.6 Å². The molecule has 0 bridgehead atoms. The molecule has 0 radical (unpaired) electrons. The molecule has 2 unspecified atom stereocenters. The van der Waals surface area contributed by atoms with Gasteiger partial charge >= 0.3 is 6.09 Å². The zero-order chi connectivity index (χ0) is 26.7. The highest BCUT2D eigenvalue weighted by molar-refractivity contribution is 5.91. The Morgan fingerprint density at radius 2 is 1.58 bits per heavy atom. The maximum atomic E-state index is 12.1. The first-order valence-electron chi connectivity index (χ1n) is 13.0. The number of benzene rings is 4. The molecule has 1 N–H and O–H groups in total. The zero-order valence-corrected chi connectivity index (χ0v) is 22.2. The maximum absolute atomic E-state index is 12.1. The van der Waals surface area contributed by atoms with E-state index >= 15 is 0 Å². The van der Waals surface area contributed by atoms with Gasteiger partial charge in [0.05, 0.1) is 13.7 Å². The summed E-state index contributed by atoms with van der Waals surface area (Å²) in [6.45, 7) is 4.67. The number of hydrogen-bond acceptors (Lipinski definition) is 5. The number of para-hydroxylation sites is 1. The fourth-order valence-electron chi connectivity index (χ4n) is 4.27. The van der Waals surface area contributed by atoms with Crippen LogP contribution in [0.2, 0.25) is 0 Å². The number of carbonyl (C=O) groups excluding carboxylic acids is 1. The summed E-state index contributed by atoms with van der Waals surface area (Å²) in [4.78, 5) is 12.1. The summed E-state index contributed by atoms with van der Waals surface area (Å²) in [5.74, 6) is 2.03. The normalized spacial score (nSPS) is 12.5. The second-order valence-electron chi connectivity index (χ2n) is 9.10. The van der Waals surface area contributed by atoms with Gasteiger partial charge < -0.3 is 18.9 Å². The minimum atomic E-state index is -0.581. The molecule has 0 aliphatic rings. The first-order chi connectivity index (χ1) is 18.6. The minimum Gasteiger partial charge on any atom is -0.496 e. The molecule has 0 saturated heterocycles. The number of methoxy groups -OCH3 is 1. The summed E-state index contributed by atoms with van der Waals surface area (Å²) in [6, 6.07) is 29.5. The van der Waals surface area contributed by atoms with Crippen LogP contribution in [0.5, 0.6) is 11.5 Å². The summed E-state index contributed by atoms with van der Waals surface area (Å²) in [5, 5.41) is 4.81. The molecule has 2 atom stereocenters. The van der Waals surface area contributed by atoms with E-state index in [9.17, 15) is 4.79 Å². The smallest absolute Gasteiger partial charge is 0.411 e. The van der Waals surface area contributed by atoms with E-state index in [0.717, 1.165) is 34.3 Å². The Labute approximate surface area is 224 Å². The molecule has 4 aromatic rings. The van der Waals surface area contributed by atoms with Crippen molar-refractivity contribution in [1.29, 1.82) is 0 Å². The summed E-state index contributed by atoms with van der Waals surface area (Å²) in [6.07, 6.45) is 0.475. The van der Waals surface area contributed by atoms with Gasteiger partial charge in [0.15, 0.2) is 0 Å². The Kier molecular flexibility index (Phi) is 9.59. The Morgan fingerprint density at radius 3 is 2.32 bits per heavy atom. The SMILES string of the molecule is CCC(C)c1ccc(OC(Cc2cccc3c(OC)cccc23)OCCOC(=O)Nc2ccccc2)cc1. The van der Waals surface area contributed by atoms with E-state index in [2.05, 4.69) is 43.4 Å². The van der Waals surface area contributed by atoms with Crippen molar-refractivity contribution in [3.63, 3.8) is 0 Å². The lowest BCUT2D eigenvalue weighted by molar-refractivity contribution is -0.0878. The van der Waals surface area contributed by atoms with Gasteiger partial charge in [-0.2, -0.15) is 0 Å². The molecular weight excluding hydrogens is 478 g/mol. The number of ether oxygens (including phenoxy) is 4. The highest BCUT2D eigenvalue weighted by atomic mass is 16.7. The highest BCUT2D eigenvalue weighted by Gasteiger charge is 2.16. The monoisotopic (exact) mass is 513 g/mol. The molecule has 0 saturated carbocycles. The van der Waals surface area contributed by atoms with Crippen molar-refractivity contribution in [2.24, 2.45) is 0 Å². The number of carbonyl (C=O) groups is 1. The molecule has 0 spiro atoms. The first-order valence-corrected chi connectivity index (χ1v) is 13.0. The standard InChI is InChI=1S/C32H35NO5/c1-4-23(2)24-16-18-27(19-17-24)38-31(36-20-21-37-32(34)33-26-11-6-5-7-12-26)22-25-10-8-14-29-28(25)13-9-15-30(29)35-3/h5-19,23,31H,4,20-22H2,1-3H3,(H,33,34). The van der Waals surface area contributed by atoms with E-state index in [1.54, 1.807) is 19.2 Å². The molecule has 38 heavy (non-hydrogen) atoms. The van der Waals surface area contributed by atoms with Crippen LogP contribution in [-0.4, -0.2) is 32.7 Å². The van der Waals surface area contributed by atoms with Crippen molar-refractivity contribution in [2.75, 3.05) is 25.6 Å². The van der Waals surface area contributed by atoms with Crippen LogP contribution in [0.25, 0.3) is 10.8 Å². The van der Waals surface area contributed by atoms with Gasteiger partial charge in [0.25, 0.3) is 0 Å². The topological polar surface area (TPSA) is 66.0 Å². The van der Waals surface area contributed by atoms with Crippen molar-refractivity contribution in [2.45, 2.75) is 38.9 Å². The van der Waals surface area contributed by atoms with Gasteiger partial charge in [0.1, 0.15) is 18.1 Å². The van der Waals surface area contributed by atoms with Crippen LogP contribution in [0, 0.1) is 0 Å². The molecule has 4 aromatic carbocycles. The van der Waals surface area contributed by atoms with Gasteiger partial charge in [-0.3, -0.25) is 5.32 Å². The van der Waals surface area contributed by atoms with Crippen molar-refractivity contribution in [3.05, 3.63) is 102 Å². The molecule has 198 valence electrons. The quantitative estimate of drug-likeness (QED) is 0.156. The number of rotatable bonds is 12. The van der Waals surface area contributed by atoms with Crippen LogP contribution in [0.15, 0.2) is 91.0 Å². The predicted octanol–water partition coefficient (Wildman–Crippen LogP) is 7.57. The molecule has 6 heteroatoms. The highest BCUT2D eigenvalue weighted by Crippen LogP contribution is 2.29. The van der Waals surface area contributed by atoms with Crippen LogP contribution < -0.4 is 14.8 Å². The van der Waals surface area contributed by atoms with E-state index in [4.69, 9.17) is 18.9 Å². The third kappa shape index (κ3) is 7.26. The van der Waals surface area contributed by atoms with E-state index in [-0.39, 0.29) is 13.2 Å². The van der Waals surface area contributed by atoms with Gasteiger partial charge in [0.2, 0.25) is 6.29 Å². The molecular formula is C32H35NO5. The number of amides is 1.